The fourth-order valence-electron chi connectivity index (χ4n) is 3.60. The molecule has 0 aromatic carbocycles. The van der Waals surface area contributed by atoms with Crippen molar-refractivity contribution in [1.82, 2.24) is 16.0 Å². The molecule has 0 bridgehead atoms. The van der Waals surface area contributed by atoms with Crippen molar-refractivity contribution in [3.8, 4) is 0 Å². The van der Waals surface area contributed by atoms with Gasteiger partial charge in [-0.25, -0.2) is 0 Å². The van der Waals surface area contributed by atoms with Crippen LogP contribution in [0.15, 0.2) is 0 Å². The van der Waals surface area contributed by atoms with Gasteiger partial charge in [0.2, 0.25) is 11.8 Å². The van der Waals surface area contributed by atoms with Gasteiger partial charge in [-0.2, -0.15) is 0 Å². The summed E-state index contributed by atoms with van der Waals surface area (Å²) >= 11 is 0. The molecule has 0 aromatic heterocycles. The molecule has 1 heterocycles. The zero-order valence-corrected chi connectivity index (χ0v) is 13.9. The molecule has 1 saturated heterocycles. The largest absolute Gasteiger partial charge is 0.354 e. The van der Waals surface area contributed by atoms with E-state index in [0.717, 1.165) is 64.5 Å². The highest BCUT2D eigenvalue weighted by molar-refractivity contribution is 5.91. The summed E-state index contributed by atoms with van der Waals surface area (Å²) in [5.74, 6) is 0.673. The average Bonchev–Trinajstić information content (AvgIpc) is 3.05. The molecule has 5 nitrogen and oxygen atoms in total. The van der Waals surface area contributed by atoms with Gasteiger partial charge in [0.1, 0.15) is 5.54 Å². The monoisotopic (exact) mass is 309 g/mol. The first-order chi connectivity index (χ1) is 10.7. The molecule has 2 amide bonds. The number of amides is 2. The average molecular weight is 309 g/mol. The molecule has 1 unspecified atom stereocenters. The molecule has 5 heteroatoms. The number of hydrogen-bond donors (Lipinski definition) is 3. The molecule has 126 valence electrons. The third kappa shape index (κ3) is 4.70. The summed E-state index contributed by atoms with van der Waals surface area (Å²) in [6.45, 7) is 4.82. The first-order valence-electron chi connectivity index (χ1n) is 8.96. The number of hydrogen-bond acceptors (Lipinski definition) is 3. The molecule has 3 N–H and O–H groups in total. The summed E-state index contributed by atoms with van der Waals surface area (Å²) in [6, 6.07) is 0. The Hall–Kier alpha value is -1.10. The Balaban J connectivity index is 1.87. The Morgan fingerprint density at radius 2 is 2.00 bits per heavy atom. The lowest BCUT2D eigenvalue weighted by Gasteiger charge is -2.36. The minimum Gasteiger partial charge on any atom is -0.354 e. The Morgan fingerprint density at radius 3 is 2.64 bits per heavy atom. The van der Waals surface area contributed by atoms with Crippen LogP contribution in [0.1, 0.15) is 64.7 Å². The van der Waals surface area contributed by atoms with Crippen molar-refractivity contribution in [2.45, 2.75) is 70.3 Å². The second-order valence-electron chi connectivity index (χ2n) is 6.84. The quantitative estimate of drug-likeness (QED) is 0.670. The zero-order valence-electron chi connectivity index (χ0n) is 13.9. The van der Waals surface area contributed by atoms with Gasteiger partial charge in [0.15, 0.2) is 0 Å². The molecule has 1 aliphatic heterocycles. The lowest BCUT2D eigenvalue weighted by Crippen LogP contribution is -2.59. The molecule has 0 radical (unpaired) electrons. The van der Waals surface area contributed by atoms with Crippen molar-refractivity contribution in [1.29, 1.82) is 0 Å². The van der Waals surface area contributed by atoms with Gasteiger partial charge in [-0.1, -0.05) is 26.2 Å². The van der Waals surface area contributed by atoms with E-state index >= 15 is 0 Å². The molecule has 2 aliphatic rings. The minimum atomic E-state index is -0.654. The maximum absolute atomic E-state index is 12.5. The summed E-state index contributed by atoms with van der Waals surface area (Å²) < 4.78 is 0. The number of carbonyl (C=O) groups is 2. The van der Waals surface area contributed by atoms with Gasteiger partial charge in [0.05, 0.1) is 0 Å². The first kappa shape index (κ1) is 17.3. The van der Waals surface area contributed by atoms with Crippen LogP contribution in [0.4, 0.5) is 0 Å². The highest BCUT2D eigenvalue weighted by Crippen LogP contribution is 2.29. The Kier molecular flexibility index (Phi) is 6.68. The van der Waals surface area contributed by atoms with E-state index in [0.29, 0.717) is 18.9 Å². The second-order valence-corrected chi connectivity index (χ2v) is 6.84. The van der Waals surface area contributed by atoms with Crippen LogP contribution in [-0.4, -0.2) is 37.0 Å². The van der Waals surface area contributed by atoms with E-state index in [1.165, 1.54) is 0 Å². The molecule has 1 atom stereocenters. The standard InChI is InChI=1S/C17H31N3O2/c1-2-11-19-16(22)17(9-4-3-5-10-17)20-15(21)7-6-14-8-12-18-13-14/h14,18H,2-13H2,1H3,(H,19,22)(H,20,21). The van der Waals surface area contributed by atoms with Crippen molar-refractivity contribution in [2.75, 3.05) is 19.6 Å². The van der Waals surface area contributed by atoms with Crippen molar-refractivity contribution in [2.24, 2.45) is 5.92 Å². The zero-order chi connectivity index (χ0) is 15.8. The molecule has 1 aliphatic carbocycles. The third-order valence-electron chi connectivity index (χ3n) is 5.00. The normalized spacial score (nSPS) is 24.0. The molecule has 1 saturated carbocycles. The fourth-order valence-corrected chi connectivity index (χ4v) is 3.60. The lowest BCUT2D eigenvalue weighted by atomic mass is 9.80. The SMILES string of the molecule is CCCNC(=O)C1(NC(=O)CCC2CCNC2)CCCCC1. The Morgan fingerprint density at radius 1 is 1.23 bits per heavy atom. The Labute approximate surface area is 134 Å². The molecular weight excluding hydrogens is 278 g/mol. The predicted molar refractivity (Wildman–Crippen MR) is 87.5 cm³/mol. The Bertz CT molecular complexity index is 372. The van der Waals surface area contributed by atoms with Crippen molar-refractivity contribution >= 4 is 11.8 Å². The number of rotatable bonds is 7. The van der Waals surface area contributed by atoms with E-state index in [-0.39, 0.29) is 11.8 Å². The van der Waals surface area contributed by atoms with Gasteiger partial charge >= 0.3 is 0 Å². The topological polar surface area (TPSA) is 70.2 Å². The highest BCUT2D eigenvalue weighted by Gasteiger charge is 2.40. The molecule has 2 fully saturated rings. The van der Waals surface area contributed by atoms with Gasteiger partial charge in [-0.05, 0) is 51.1 Å². The summed E-state index contributed by atoms with van der Waals surface area (Å²) in [5.41, 5.74) is -0.654. The van der Waals surface area contributed by atoms with E-state index in [4.69, 9.17) is 0 Å². The van der Waals surface area contributed by atoms with Crippen LogP contribution >= 0.6 is 0 Å². The van der Waals surface area contributed by atoms with Gasteiger partial charge in [-0.15, -0.1) is 0 Å². The number of nitrogens with one attached hydrogen (secondary N) is 3. The van der Waals surface area contributed by atoms with Gasteiger partial charge in [0.25, 0.3) is 0 Å². The van der Waals surface area contributed by atoms with Crippen LogP contribution < -0.4 is 16.0 Å². The van der Waals surface area contributed by atoms with Crippen LogP contribution in [-0.2, 0) is 9.59 Å². The van der Waals surface area contributed by atoms with E-state index in [9.17, 15) is 9.59 Å². The van der Waals surface area contributed by atoms with Gasteiger partial charge < -0.3 is 16.0 Å². The summed E-state index contributed by atoms with van der Waals surface area (Å²) in [7, 11) is 0. The summed E-state index contributed by atoms with van der Waals surface area (Å²) in [5, 5.41) is 9.41. The molecular formula is C17H31N3O2. The van der Waals surface area contributed by atoms with Crippen molar-refractivity contribution in [3.05, 3.63) is 0 Å². The highest BCUT2D eigenvalue weighted by atomic mass is 16.2. The van der Waals surface area contributed by atoms with Gasteiger partial charge in [-0.3, -0.25) is 9.59 Å². The third-order valence-corrected chi connectivity index (χ3v) is 5.00. The molecule has 2 rings (SSSR count). The lowest BCUT2D eigenvalue weighted by molar-refractivity contribution is -0.135. The van der Waals surface area contributed by atoms with Gasteiger partial charge in [0, 0.05) is 13.0 Å². The first-order valence-corrected chi connectivity index (χ1v) is 8.96. The summed E-state index contributed by atoms with van der Waals surface area (Å²) in [4.78, 5) is 24.9. The molecule has 22 heavy (non-hydrogen) atoms. The van der Waals surface area contributed by atoms with Crippen LogP contribution in [0.3, 0.4) is 0 Å². The molecule has 0 aromatic rings. The number of carbonyl (C=O) groups excluding carboxylic acids is 2. The minimum absolute atomic E-state index is 0.0185. The fraction of sp³-hybridized carbons (Fsp3) is 0.882. The van der Waals surface area contributed by atoms with E-state index < -0.39 is 5.54 Å². The van der Waals surface area contributed by atoms with E-state index in [1.54, 1.807) is 0 Å². The van der Waals surface area contributed by atoms with Crippen molar-refractivity contribution < 1.29 is 9.59 Å². The van der Waals surface area contributed by atoms with E-state index in [2.05, 4.69) is 16.0 Å². The van der Waals surface area contributed by atoms with Crippen molar-refractivity contribution in [3.63, 3.8) is 0 Å². The van der Waals surface area contributed by atoms with Crippen LogP contribution in [0, 0.1) is 5.92 Å². The maximum Gasteiger partial charge on any atom is 0.245 e. The second kappa shape index (κ2) is 8.51. The van der Waals surface area contributed by atoms with Crippen LogP contribution in [0.25, 0.3) is 0 Å². The smallest absolute Gasteiger partial charge is 0.245 e. The van der Waals surface area contributed by atoms with Crippen LogP contribution in [0.5, 0.6) is 0 Å². The molecule has 0 spiro atoms. The van der Waals surface area contributed by atoms with Crippen LogP contribution in [0.2, 0.25) is 0 Å². The predicted octanol–water partition coefficient (Wildman–Crippen LogP) is 1.72. The summed E-state index contributed by atoms with van der Waals surface area (Å²) in [6.07, 6.45) is 8.30. The maximum atomic E-state index is 12.5. The van der Waals surface area contributed by atoms with E-state index in [1.807, 2.05) is 6.92 Å².